The molecule has 5 heteroatoms. The molecule has 1 unspecified atom stereocenters. The molecule has 0 spiro atoms. The van der Waals surface area contributed by atoms with E-state index >= 15 is 0 Å². The first-order valence-electron chi connectivity index (χ1n) is 7.32. The van der Waals surface area contributed by atoms with E-state index in [0.29, 0.717) is 12.5 Å². The summed E-state index contributed by atoms with van der Waals surface area (Å²) in [6.07, 6.45) is 4.19. The van der Waals surface area contributed by atoms with Gasteiger partial charge in [0.2, 0.25) is 0 Å². The van der Waals surface area contributed by atoms with Crippen LogP contribution in [0, 0.1) is 11.8 Å². The Kier molecular flexibility index (Phi) is 4.66. The van der Waals surface area contributed by atoms with Crippen LogP contribution >= 0.6 is 0 Å². The molecule has 108 valence electrons. The van der Waals surface area contributed by atoms with Gasteiger partial charge in [-0.05, 0) is 37.5 Å². The lowest BCUT2D eigenvalue weighted by Gasteiger charge is -2.38. The number of carboxylic acids is 1. The summed E-state index contributed by atoms with van der Waals surface area (Å²) in [6.45, 7) is 5.31. The summed E-state index contributed by atoms with van der Waals surface area (Å²) in [4.78, 5) is 27.0. The van der Waals surface area contributed by atoms with Crippen molar-refractivity contribution in [2.24, 2.45) is 11.8 Å². The zero-order valence-electron chi connectivity index (χ0n) is 11.7. The molecule has 0 bridgehead atoms. The molecule has 5 nitrogen and oxygen atoms in total. The van der Waals surface area contributed by atoms with Gasteiger partial charge >= 0.3 is 12.0 Å². The van der Waals surface area contributed by atoms with E-state index in [1.54, 1.807) is 0 Å². The lowest BCUT2D eigenvalue weighted by Crippen LogP contribution is -2.49. The number of rotatable bonds is 2. The number of aliphatic carboxylic acids is 1. The molecular weight excluding hydrogens is 244 g/mol. The van der Waals surface area contributed by atoms with Crippen molar-refractivity contribution in [3.63, 3.8) is 0 Å². The minimum Gasteiger partial charge on any atom is -0.481 e. The maximum absolute atomic E-state index is 12.4. The van der Waals surface area contributed by atoms with Gasteiger partial charge in [0.05, 0.1) is 0 Å². The van der Waals surface area contributed by atoms with Crippen LogP contribution in [0.5, 0.6) is 0 Å². The number of nitrogens with zero attached hydrogens (tertiary/aromatic N) is 2. The van der Waals surface area contributed by atoms with Crippen LogP contribution < -0.4 is 0 Å². The molecule has 19 heavy (non-hydrogen) atoms. The van der Waals surface area contributed by atoms with Crippen molar-refractivity contribution < 1.29 is 14.7 Å². The van der Waals surface area contributed by atoms with E-state index in [1.165, 1.54) is 0 Å². The highest BCUT2D eigenvalue weighted by Gasteiger charge is 2.29. The highest BCUT2D eigenvalue weighted by Crippen LogP contribution is 2.23. The molecule has 0 saturated carbocycles. The van der Waals surface area contributed by atoms with E-state index in [2.05, 4.69) is 6.92 Å². The topological polar surface area (TPSA) is 60.9 Å². The number of hydrogen-bond donors (Lipinski definition) is 1. The van der Waals surface area contributed by atoms with E-state index in [9.17, 15) is 9.59 Å². The minimum absolute atomic E-state index is 0.113. The van der Waals surface area contributed by atoms with Gasteiger partial charge in [-0.3, -0.25) is 4.79 Å². The summed E-state index contributed by atoms with van der Waals surface area (Å²) in [7, 11) is 0. The second kappa shape index (κ2) is 6.26. The second-order valence-corrected chi connectivity index (χ2v) is 6.00. The quantitative estimate of drug-likeness (QED) is 0.833. The first-order chi connectivity index (χ1) is 9.06. The molecule has 1 atom stereocenters. The summed E-state index contributed by atoms with van der Waals surface area (Å²) >= 11 is 0. The van der Waals surface area contributed by atoms with Crippen molar-refractivity contribution in [2.75, 3.05) is 26.2 Å². The largest absolute Gasteiger partial charge is 0.481 e. The fourth-order valence-corrected chi connectivity index (χ4v) is 3.05. The number of carbonyl (C=O) groups is 2. The monoisotopic (exact) mass is 268 g/mol. The van der Waals surface area contributed by atoms with Gasteiger partial charge in [0.25, 0.3) is 0 Å². The van der Waals surface area contributed by atoms with Crippen molar-refractivity contribution in [1.29, 1.82) is 0 Å². The molecule has 2 fully saturated rings. The fourth-order valence-electron chi connectivity index (χ4n) is 3.05. The molecule has 0 aromatic rings. The Balaban J connectivity index is 1.86. The van der Waals surface area contributed by atoms with Crippen LogP contribution in [0.4, 0.5) is 4.79 Å². The number of carbonyl (C=O) groups excluding carboxylic acids is 1. The predicted octanol–water partition coefficient (Wildman–Crippen LogP) is 2.03. The number of urea groups is 1. The van der Waals surface area contributed by atoms with E-state index in [4.69, 9.17) is 5.11 Å². The predicted molar refractivity (Wildman–Crippen MR) is 71.9 cm³/mol. The summed E-state index contributed by atoms with van der Waals surface area (Å²) < 4.78 is 0. The van der Waals surface area contributed by atoms with Gasteiger partial charge in [0.1, 0.15) is 0 Å². The number of piperidine rings is 2. The Morgan fingerprint density at radius 1 is 1.11 bits per heavy atom. The standard InChI is InChI=1S/C14H24N2O3/c1-11-4-7-15(8-5-11)14(19)16-6-2-3-12(10-16)9-13(17)18/h11-12H,2-10H2,1H3,(H,17,18). The van der Waals surface area contributed by atoms with Crippen LogP contribution in [-0.4, -0.2) is 53.1 Å². The highest BCUT2D eigenvalue weighted by molar-refractivity contribution is 5.75. The fraction of sp³-hybridized carbons (Fsp3) is 0.857. The van der Waals surface area contributed by atoms with E-state index in [-0.39, 0.29) is 18.4 Å². The normalized spacial score (nSPS) is 25.4. The third-order valence-electron chi connectivity index (χ3n) is 4.31. The van der Waals surface area contributed by atoms with Gasteiger partial charge in [0, 0.05) is 32.6 Å². The summed E-state index contributed by atoms with van der Waals surface area (Å²) in [5.74, 6) is 0.0789. The third kappa shape index (κ3) is 3.85. The van der Waals surface area contributed by atoms with Gasteiger partial charge in [-0.15, -0.1) is 0 Å². The average Bonchev–Trinajstić information content (AvgIpc) is 2.38. The molecule has 2 aliphatic rings. The number of hydrogen-bond acceptors (Lipinski definition) is 2. The molecule has 2 rings (SSSR count). The van der Waals surface area contributed by atoms with Gasteiger partial charge < -0.3 is 14.9 Å². The molecule has 0 radical (unpaired) electrons. The molecule has 2 heterocycles. The maximum Gasteiger partial charge on any atom is 0.320 e. The molecule has 2 aliphatic heterocycles. The van der Waals surface area contributed by atoms with Crippen LogP contribution in [0.2, 0.25) is 0 Å². The van der Waals surface area contributed by atoms with Crippen molar-refractivity contribution in [2.45, 2.75) is 39.0 Å². The Morgan fingerprint density at radius 3 is 2.42 bits per heavy atom. The molecule has 0 aliphatic carbocycles. The van der Waals surface area contributed by atoms with Crippen molar-refractivity contribution in [1.82, 2.24) is 9.80 Å². The van der Waals surface area contributed by atoms with Crippen molar-refractivity contribution in [3.05, 3.63) is 0 Å². The Labute approximate surface area is 114 Å². The van der Waals surface area contributed by atoms with Gasteiger partial charge in [-0.1, -0.05) is 6.92 Å². The smallest absolute Gasteiger partial charge is 0.320 e. The Morgan fingerprint density at radius 2 is 1.79 bits per heavy atom. The van der Waals surface area contributed by atoms with Crippen LogP contribution in [0.3, 0.4) is 0 Å². The first-order valence-corrected chi connectivity index (χ1v) is 7.32. The Hall–Kier alpha value is -1.26. The molecule has 2 amide bonds. The molecular formula is C14H24N2O3. The lowest BCUT2D eigenvalue weighted by atomic mass is 9.95. The third-order valence-corrected chi connectivity index (χ3v) is 4.31. The summed E-state index contributed by atoms with van der Waals surface area (Å²) in [5.41, 5.74) is 0. The summed E-state index contributed by atoms with van der Waals surface area (Å²) in [5, 5.41) is 8.85. The van der Waals surface area contributed by atoms with Crippen LogP contribution in [0.15, 0.2) is 0 Å². The number of carboxylic acid groups (broad SMARTS) is 1. The molecule has 1 N–H and O–H groups in total. The maximum atomic E-state index is 12.4. The van der Waals surface area contributed by atoms with E-state index in [1.807, 2.05) is 9.80 Å². The first kappa shape index (κ1) is 14.2. The van der Waals surface area contributed by atoms with Crippen LogP contribution in [0.1, 0.15) is 39.0 Å². The van der Waals surface area contributed by atoms with Gasteiger partial charge in [0.15, 0.2) is 0 Å². The minimum atomic E-state index is -0.758. The average molecular weight is 268 g/mol. The summed E-state index contributed by atoms with van der Waals surface area (Å²) in [6, 6.07) is 0.113. The molecule has 2 saturated heterocycles. The van der Waals surface area contributed by atoms with Gasteiger partial charge in [-0.25, -0.2) is 4.79 Å². The zero-order chi connectivity index (χ0) is 13.8. The SMILES string of the molecule is CC1CCN(C(=O)N2CCCC(CC(=O)O)C2)CC1. The molecule has 0 aromatic heterocycles. The van der Waals surface area contributed by atoms with Gasteiger partial charge in [-0.2, -0.15) is 0 Å². The van der Waals surface area contributed by atoms with E-state index < -0.39 is 5.97 Å². The Bertz CT molecular complexity index is 338. The highest BCUT2D eigenvalue weighted by atomic mass is 16.4. The zero-order valence-corrected chi connectivity index (χ0v) is 11.7. The number of likely N-dealkylation sites (tertiary alicyclic amines) is 2. The lowest BCUT2D eigenvalue weighted by molar-refractivity contribution is -0.138. The second-order valence-electron chi connectivity index (χ2n) is 6.00. The van der Waals surface area contributed by atoms with Crippen molar-refractivity contribution in [3.8, 4) is 0 Å². The van der Waals surface area contributed by atoms with Crippen LogP contribution in [0.25, 0.3) is 0 Å². The van der Waals surface area contributed by atoms with Crippen molar-refractivity contribution >= 4 is 12.0 Å². The van der Waals surface area contributed by atoms with E-state index in [0.717, 1.165) is 45.3 Å². The number of amides is 2. The van der Waals surface area contributed by atoms with Crippen LogP contribution in [-0.2, 0) is 4.79 Å². The molecule has 0 aromatic carbocycles.